The highest BCUT2D eigenvalue weighted by atomic mass is 35.5. The van der Waals surface area contributed by atoms with Crippen molar-refractivity contribution in [3.8, 4) is 0 Å². The molecule has 1 aromatic heterocycles. The number of imidazole rings is 1. The number of hydrogen-bond acceptors (Lipinski definition) is 3. The molecule has 2 aromatic rings. The average molecular weight is 295 g/mol. The third kappa shape index (κ3) is 2.57. The molecular formula is C14H16ClFN4. The lowest BCUT2D eigenvalue weighted by atomic mass is 10.0. The van der Waals surface area contributed by atoms with E-state index in [9.17, 15) is 4.39 Å². The Morgan fingerprint density at radius 1 is 1.35 bits per heavy atom. The van der Waals surface area contributed by atoms with Crippen LogP contribution in [0.4, 0.5) is 4.39 Å². The molecule has 0 fully saturated rings. The van der Waals surface area contributed by atoms with E-state index in [1.807, 2.05) is 6.20 Å². The number of rotatable bonds is 3. The van der Waals surface area contributed by atoms with Crippen LogP contribution >= 0.6 is 11.6 Å². The summed E-state index contributed by atoms with van der Waals surface area (Å²) in [6.45, 7) is 2.86. The Bertz CT molecular complexity index is 593. The SMILES string of the molecule is NCC(c1cc(F)cc(Cl)c1)N1CCn2ccnc2C1. The normalized spacial score (nSPS) is 16.9. The molecule has 106 valence electrons. The molecular weight excluding hydrogens is 279 g/mol. The second-order valence-corrected chi connectivity index (χ2v) is 5.40. The van der Waals surface area contributed by atoms with Gasteiger partial charge in [0.15, 0.2) is 0 Å². The maximum Gasteiger partial charge on any atom is 0.125 e. The molecule has 0 bridgehead atoms. The van der Waals surface area contributed by atoms with E-state index in [0.717, 1.165) is 24.5 Å². The molecule has 2 heterocycles. The quantitative estimate of drug-likeness (QED) is 0.944. The Labute approximate surface area is 122 Å². The smallest absolute Gasteiger partial charge is 0.125 e. The maximum atomic E-state index is 13.5. The average Bonchev–Trinajstić information content (AvgIpc) is 2.86. The van der Waals surface area contributed by atoms with E-state index in [0.29, 0.717) is 18.1 Å². The fourth-order valence-corrected chi connectivity index (χ4v) is 2.95. The summed E-state index contributed by atoms with van der Waals surface area (Å²) in [7, 11) is 0. The molecule has 0 aliphatic carbocycles. The van der Waals surface area contributed by atoms with Crippen molar-refractivity contribution in [3.05, 3.63) is 52.8 Å². The van der Waals surface area contributed by atoms with Crippen LogP contribution in [-0.2, 0) is 13.1 Å². The first-order valence-corrected chi connectivity index (χ1v) is 6.95. The van der Waals surface area contributed by atoms with Gasteiger partial charge in [-0.1, -0.05) is 11.6 Å². The van der Waals surface area contributed by atoms with Crippen LogP contribution in [0.25, 0.3) is 0 Å². The first kappa shape index (κ1) is 13.5. The van der Waals surface area contributed by atoms with Crippen molar-refractivity contribution in [1.29, 1.82) is 0 Å². The fraction of sp³-hybridized carbons (Fsp3) is 0.357. The summed E-state index contributed by atoms with van der Waals surface area (Å²) in [5.74, 6) is 0.682. The van der Waals surface area contributed by atoms with Crippen molar-refractivity contribution < 1.29 is 4.39 Å². The van der Waals surface area contributed by atoms with Gasteiger partial charge >= 0.3 is 0 Å². The van der Waals surface area contributed by atoms with Gasteiger partial charge in [0.05, 0.1) is 6.54 Å². The summed E-state index contributed by atoms with van der Waals surface area (Å²) in [4.78, 5) is 6.55. The summed E-state index contributed by atoms with van der Waals surface area (Å²) in [6.07, 6.45) is 3.78. The highest BCUT2D eigenvalue weighted by Gasteiger charge is 2.24. The first-order chi connectivity index (χ1) is 9.67. The number of aromatic nitrogens is 2. The molecule has 1 aliphatic rings. The Morgan fingerprint density at radius 2 is 2.20 bits per heavy atom. The van der Waals surface area contributed by atoms with Gasteiger partial charge in [-0.05, 0) is 23.8 Å². The minimum atomic E-state index is -0.329. The topological polar surface area (TPSA) is 47.1 Å². The minimum Gasteiger partial charge on any atom is -0.333 e. The van der Waals surface area contributed by atoms with Gasteiger partial charge in [0.25, 0.3) is 0 Å². The lowest BCUT2D eigenvalue weighted by Gasteiger charge is -2.34. The summed E-state index contributed by atoms with van der Waals surface area (Å²) in [5.41, 5.74) is 6.71. The Hall–Kier alpha value is -1.43. The predicted octanol–water partition coefficient (Wildman–Crippen LogP) is 2.19. The van der Waals surface area contributed by atoms with Gasteiger partial charge in [0, 0.05) is 43.1 Å². The minimum absolute atomic E-state index is 0.0475. The number of hydrogen-bond donors (Lipinski definition) is 1. The van der Waals surface area contributed by atoms with Gasteiger partial charge in [-0.3, -0.25) is 4.90 Å². The van der Waals surface area contributed by atoms with Crippen molar-refractivity contribution in [2.24, 2.45) is 5.73 Å². The molecule has 3 rings (SSSR count). The van der Waals surface area contributed by atoms with Crippen molar-refractivity contribution in [2.75, 3.05) is 13.1 Å². The van der Waals surface area contributed by atoms with Gasteiger partial charge in [-0.15, -0.1) is 0 Å². The molecule has 4 nitrogen and oxygen atoms in total. The molecule has 1 aliphatic heterocycles. The van der Waals surface area contributed by atoms with Crippen LogP contribution in [0.5, 0.6) is 0 Å². The third-order valence-corrected chi connectivity index (χ3v) is 3.93. The van der Waals surface area contributed by atoms with Crippen LogP contribution in [0.3, 0.4) is 0 Å². The van der Waals surface area contributed by atoms with Crippen LogP contribution in [0.15, 0.2) is 30.6 Å². The van der Waals surface area contributed by atoms with E-state index in [2.05, 4.69) is 14.5 Å². The van der Waals surface area contributed by atoms with Gasteiger partial charge in [-0.2, -0.15) is 0 Å². The van der Waals surface area contributed by atoms with Gasteiger partial charge in [-0.25, -0.2) is 9.37 Å². The van der Waals surface area contributed by atoms with E-state index in [4.69, 9.17) is 17.3 Å². The number of nitrogens with two attached hydrogens (primary N) is 1. The number of fused-ring (bicyclic) bond motifs is 1. The summed E-state index contributed by atoms with van der Waals surface area (Å²) in [6, 6.07) is 4.54. The highest BCUT2D eigenvalue weighted by Crippen LogP contribution is 2.27. The molecule has 0 saturated carbocycles. The third-order valence-electron chi connectivity index (χ3n) is 3.71. The van der Waals surface area contributed by atoms with E-state index >= 15 is 0 Å². The second-order valence-electron chi connectivity index (χ2n) is 4.96. The highest BCUT2D eigenvalue weighted by molar-refractivity contribution is 6.30. The van der Waals surface area contributed by atoms with Crippen molar-refractivity contribution in [1.82, 2.24) is 14.5 Å². The van der Waals surface area contributed by atoms with Gasteiger partial charge in [0.2, 0.25) is 0 Å². The summed E-state index contributed by atoms with van der Waals surface area (Å²) >= 11 is 5.94. The lowest BCUT2D eigenvalue weighted by molar-refractivity contribution is 0.156. The Kier molecular flexibility index (Phi) is 3.74. The van der Waals surface area contributed by atoms with Crippen LogP contribution in [0, 0.1) is 5.82 Å². The predicted molar refractivity (Wildman–Crippen MR) is 75.8 cm³/mol. The van der Waals surface area contributed by atoms with E-state index < -0.39 is 0 Å². The van der Waals surface area contributed by atoms with E-state index in [-0.39, 0.29) is 11.9 Å². The van der Waals surface area contributed by atoms with Crippen LogP contribution in [-0.4, -0.2) is 27.5 Å². The molecule has 20 heavy (non-hydrogen) atoms. The molecule has 0 radical (unpaired) electrons. The molecule has 6 heteroatoms. The zero-order chi connectivity index (χ0) is 14.1. The van der Waals surface area contributed by atoms with E-state index in [1.165, 1.54) is 12.1 Å². The van der Waals surface area contributed by atoms with Gasteiger partial charge in [0.1, 0.15) is 11.6 Å². The van der Waals surface area contributed by atoms with Crippen LogP contribution in [0.1, 0.15) is 17.4 Å². The fourth-order valence-electron chi connectivity index (χ4n) is 2.72. The van der Waals surface area contributed by atoms with Crippen LogP contribution < -0.4 is 5.73 Å². The standard InChI is InChI=1S/C14H16ClFN4/c15-11-5-10(6-12(16)7-11)13(8-17)20-4-3-19-2-1-18-14(19)9-20/h1-2,5-7,13H,3-4,8-9,17H2. The lowest BCUT2D eigenvalue weighted by Crippen LogP contribution is -2.39. The largest absolute Gasteiger partial charge is 0.333 e. The Morgan fingerprint density at radius 3 is 2.95 bits per heavy atom. The zero-order valence-electron chi connectivity index (χ0n) is 11.0. The molecule has 2 N–H and O–H groups in total. The first-order valence-electron chi connectivity index (χ1n) is 6.57. The maximum absolute atomic E-state index is 13.5. The molecule has 1 aromatic carbocycles. The molecule has 1 atom stereocenters. The van der Waals surface area contributed by atoms with Crippen molar-refractivity contribution >= 4 is 11.6 Å². The number of nitrogens with zero attached hydrogens (tertiary/aromatic N) is 3. The van der Waals surface area contributed by atoms with Crippen molar-refractivity contribution in [2.45, 2.75) is 19.1 Å². The zero-order valence-corrected chi connectivity index (χ0v) is 11.7. The molecule has 1 unspecified atom stereocenters. The molecule has 0 amide bonds. The monoisotopic (exact) mass is 294 g/mol. The second kappa shape index (κ2) is 5.52. The Balaban J connectivity index is 1.87. The number of benzene rings is 1. The van der Waals surface area contributed by atoms with Crippen LogP contribution in [0.2, 0.25) is 5.02 Å². The summed E-state index contributed by atoms with van der Waals surface area (Å²) in [5, 5.41) is 0.400. The molecule has 0 saturated heterocycles. The van der Waals surface area contributed by atoms with E-state index in [1.54, 1.807) is 12.3 Å². The summed E-state index contributed by atoms with van der Waals surface area (Å²) < 4.78 is 15.6. The van der Waals surface area contributed by atoms with Crippen molar-refractivity contribution in [3.63, 3.8) is 0 Å². The van der Waals surface area contributed by atoms with Gasteiger partial charge < -0.3 is 10.3 Å². The molecule has 0 spiro atoms. The number of halogens is 2.